The van der Waals surface area contributed by atoms with Crippen molar-refractivity contribution in [3.8, 4) is 6.07 Å². The lowest BCUT2D eigenvalue weighted by atomic mass is 10.0. The first-order valence-corrected chi connectivity index (χ1v) is 11.4. The number of nitrogens with one attached hydrogen (secondary N) is 1. The van der Waals surface area contributed by atoms with Crippen molar-refractivity contribution in [3.05, 3.63) is 71.5 Å². The summed E-state index contributed by atoms with van der Waals surface area (Å²) in [4.78, 5) is 9.09. The van der Waals surface area contributed by atoms with Crippen LogP contribution in [0.4, 0.5) is 11.5 Å². The molecule has 2 aliphatic heterocycles. The average molecular weight is 441 g/mol. The first-order valence-electron chi connectivity index (χ1n) is 11.4. The number of aromatic nitrogens is 1. The van der Waals surface area contributed by atoms with Crippen molar-refractivity contribution in [1.82, 2.24) is 14.8 Å². The lowest BCUT2D eigenvalue weighted by Crippen LogP contribution is -2.44. The fraction of sp³-hybridized carbons (Fsp3) is 0.333. The average Bonchev–Trinajstić information content (AvgIpc) is 3.14. The van der Waals surface area contributed by atoms with Crippen LogP contribution >= 0.6 is 0 Å². The van der Waals surface area contributed by atoms with Gasteiger partial charge in [-0.25, -0.2) is 4.99 Å². The molecular weight excluding hydrogens is 408 g/mol. The van der Waals surface area contributed by atoms with Crippen LogP contribution in [-0.4, -0.2) is 48.5 Å². The van der Waals surface area contributed by atoms with Crippen molar-refractivity contribution >= 4 is 29.1 Å². The molecule has 33 heavy (non-hydrogen) atoms. The quantitative estimate of drug-likeness (QED) is 0.662. The van der Waals surface area contributed by atoms with Crippen LogP contribution in [-0.2, 0) is 6.54 Å². The van der Waals surface area contributed by atoms with Gasteiger partial charge in [-0.05, 0) is 31.9 Å². The number of nitriles is 1. The van der Waals surface area contributed by atoms with Crippen LogP contribution in [0.5, 0.6) is 0 Å². The van der Waals surface area contributed by atoms with Crippen molar-refractivity contribution in [2.45, 2.75) is 27.3 Å². The summed E-state index contributed by atoms with van der Waals surface area (Å²) in [5.74, 6) is 0.944. The Labute approximate surface area is 196 Å². The van der Waals surface area contributed by atoms with E-state index in [4.69, 9.17) is 4.99 Å². The molecule has 2 aliphatic rings. The number of allylic oxidation sites excluding steroid dienone is 2. The maximum Gasteiger partial charge on any atom is 0.130 e. The van der Waals surface area contributed by atoms with E-state index in [2.05, 4.69) is 85.1 Å². The highest BCUT2D eigenvalue weighted by molar-refractivity contribution is 5.92. The number of benzene rings is 1. The van der Waals surface area contributed by atoms with Gasteiger partial charge in [0.1, 0.15) is 23.1 Å². The molecule has 0 radical (unpaired) electrons. The Hall–Kier alpha value is -3.56. The summed E-state index contributed by atoms with van der Waals surface area (Å²) in [6.07, 6.45) is 3.98. The third-order valence-corrected chi connectivity index (χ3v) is 6.15. The van der Waals surface area contributed by atoms with Gasteiger partial charge >= 0.3 is 0 Å². The molecule has 0 saturated carbocycles. The number of aliphatic imine (C=N–C) groups is 1. The van der Waals surface area contributed by atoms with Gasteiger partial charge in [-0.2, -0.15) is 5.26 Å². The number of hydrogen-bond acceptors (Lipinski definition) is 5. The fourth-order valence-electron chi connectivity index (χ4n) is 4.40. The van der Waals surface area contributed by atoms with E-state index in [0.29, 0.717) is 18.7 Å². The molecular formula is C27H32N6. The van der Waals surface area contributed by atoms with E-state index >= 15 is 0 Å². The lowest BCUT2D eigenvalue weighted by molar-refractivity contribution is 0.573. The van der Waals surface area contributed by atoms with E-state index in [1.807, 2.05) is 4.90 Å². The van der Waals surface area contributed by atoms with E-state index in [0.717, 1.165) is 60.2 Å². The Bertz CT molecular complexity index is 1180. The maximum atomic E-state index is 10.1. The van der Waals surface area contributed by atoms with Crippen molar-refractivity contribution in [2.24, 2.45) is 4.99 Å². The molecule has 6 heteroatoms. The predicted octanol–water partition coefficient (Wildman–Crippen LogP) is 4.70. The summed E-state index contributed by atoms with van der Waals surface area (Å²) in [5.41, 5.74) is 7.65. The molecule has 1 N–H and O–H groups in total. The van der Waals surface area contributed by atoms with E-state index < -0.39 is 0 Å². The molecule has 0 aliphatic carbocycles. The smallest absolute Gasteiger partial charge is 0.130 e. The van der Waals surface area contributed by atoms with Crippen LogP contribution in [0.15, 0.2) is 54.1 Å². The van der Waals surface area contributed by atoms with E-state index in [1.54, 1.807) is 6.34 Å². The maximum absolute atomic E-state index is 10.1. The van der Waals surface area contributed by atoms with Crippen LogP contribution in [0.3, 0.4) is 0 Å². The third-order valence-electron chi connectivity index (χ3n) is 6.15. The van der Waals surface area contributed by atoms with Gasteiger partial charge in [0.25, 0.3) is 0 Å². The van der Waals surface area contributed by atoms with Crippen molar-refractivity contribution < 1.29 is 0 Å². The molecule has 6 nitrogen and oxygen atoms in total. The minimum absolute atomic E-state index is 0.587. The molecule has 0 unspecified atom stereocenters. The van der Waals surface area contributed by atoms with E-state index in [9.17, 15) is 5.26 Å². The highest BCUT2D eigenvalue weighted by Gasteiger charge is 2.31. The monoisotopic (exact) mass is 440 g/mol. The fourth-order valence-corrected chi connectivity index (χ4v) is 4.40. The van der Waals surface area contributed by atoms with Crippen LogP contribution < -0.4 is 10.2 Å². The predicted molar refractivity (Wildman–Crippen MR) is 138 cm³/mol. The molecule has 1 aromatic carbocycles. The van der Waals surface area contributed by atoms with Crippen molar-refractivity contribution in [2.75, 3.05) is 37.6 Å². The van der Waals surface area contributed by atoms with Gasteiger partial charge in [-0.15, -0.1) is 0 Å². The summed E-state index contributed by atoms with van der Waals surface area (Å²) in [6.45, 7) is 19.8. The minimum atomic E-state index is 0.587. The number of rotatable bonds is 6. The molecule has 1 saturated heterocycles. The Morgan fingerprint density at radius 1 is 1.27 bits per heavy atom. The number of aryl methyl sites for hydroxylation is 1. The van der Waals surface area contributed by atoms with Crippen LogP contribution in [0.1, 0.15) is 36.2 Å². The number of nitrogens with zero attached hydrogens (tertiary/aromatic N) is 5. The Morgan fingerprint density at radius 2 is 2.03 bits per heavy atom. The summed E-state index contributed by atoms with van der Waals surface area (Å²) < 4.78 is 2.22. The molecule has 1 aromatic heterocycles. The number of fused-ring (bicyclic) bond motifs is 1. The van der Waals surface area contributed by atoms with Gasteiger partial charge in [0.05, 0.1) is 17.7 Å². The van der Waals surface area contributed by atoms with E-state index in [-0.39, 0.29) is 0 Å². The third kappa shape index (κ3) is 4.50. The minimum Gasteiger partial charge on any atom is -0.354 e. The first-order chi connectivity index (χ1) is 15.9. The molecule has 0 bridgehead atoms. The normalized spacial score (nSPS) is 15.3. The molecule has 0 spiro atoms. The highest BCUT2D eigenvalue weighted by Crippen LogP contribution is 2.43. The molecule has 1 fully saturated rings. The van der Waals surface area contributed by atoms with E-state index in [1.165, 1.54) is 11.1 Å². The zero-order chi connectivity index (χ0) is 23.5. The molecule has 0 amide bonds. The van der Waals surface area contributed by atoms with Gasteiger partial charge in [-0.3, -0.25) is 0 Å². The summed E-state index contributed by atoms with van der Waals surface area (Å²) >= 11 is 0. The molecule has 4 rings (SSSR count). The van der Waals surface area contributed by atoms with Crippen LogP contribution in [0, 0.1) is 18.3 Å². The van der Waals surface area contributed by atoms with Gasteiger partial charge < -0.3 is 19.7 Å². The standard InChI is InChI=1S/C27H32N6/c1-19(2)9-12-33-26-22(5)32(17-21(4)23-8-6-7-20(3)15-23)18-30-25(26)24(16-28)27(33)31-13-10-29-11-14-31/h6-9,15,18,29H,4-5,10-14,17H2,1-3H3. The first kappa shape index (κ1) is 22.6. The molecule has 170 valence electrons. The summed E-state index contributed by atoms with van der Waals surface area (Å²) in [5, 5.41) is 13.5. The van der Waals surface area contributed by atoms with Crippen molar-refractivity contribution in [1.29, 1.82) is 5.26 Å². The van der Waals surface area contributed by atoms with Crippen LogP contribution in [0.25, 0.3) is 11.3 Å². The Balaban J connectivity index is 1.73. The zero-order valence-corrected chi connectivity index (χ0v) is 19.9. The Kier molecular flexibility index (Phi) is 6.52. The second-order valence-corrected chi connectivity index (χ2v) is 8.93. The summed E-state index contributed by atoms with van der Waals surface area (Å²) in [6, 6.07) is 10.8. The summed E-state index contributed by atoms with van der Waals surface area (Å²) in [7, 11) is 0. The zero-order valence-electron chi connectivity index (χ0n) is 19.9. The number of hydrogen-bond donors (Lipinski definition) is 1. The number of piperazine rings is 1. The topological polar surface area (TPSA) is 59.6 Å². The van der Waals surface area contributed by atoms with Crippen LogP contribution in [0.2, 0.25) is 0 Å². The van der Waals surface area contributed by atoms with Gasteiger partial charge in [-0.1, -0.05) is 54.6 Å². The second kappa shape index (κ2) is 9.51. The molecule has 0 atom stereocenters. The largest absolute Gasteiger partial charge is 0.354 e. The van der Waals surface area contributed by atoms with Gasteiger partial charge in [0, 0.05) is 39.3 Å². The van der Waals surface area contributed by atoms with Crippen molar-refractivity contribution in [3.63, 3.8) is 0 Å². The molecule has 2 aromatic rings. The van der Waals surface area contributed by atoms with Gasteiger partial charge in [0.15, 0.2) is 0 Å². The Morgan fingerprint density at radius 3 is 2.70 bits per heavy atom. The number of anilines is 1. The highest BCUT2D eigenvalue weighted by atomic mass is 15.3. The van der Waals surface area contributed by atoms with Gasteiger partial charge in [0.2, 0.25) is 0 Å². The lowest BCUT2D eigenvalue weighted by Gasteiger charge is -2.31. The second-order valence-electron chi connectivity index (χ2n) is 8.93. The SMILES string of the molecule is C=C(CN1C=Nc2c(C#N)c(N3CCNCC3)n(CC=C(C)C)c2C1=C)c1cccc(C)c1. The molecule has 3 heterocycles.